The molecule has 1 heterocycles. The molecule has 1 saturated heterocycles. The first-order valence-electron chi connectivity index (χ1n) is 13.1. The second kappa shape index (κ2) is 16.1. The van der Waals surface area contributed by atoms with Crippen molar-refractivity contribution >= 4 is 47.3 Å². The van der Waals surface area contributed by atoms with Gasteiger partial charge in [-0.25, -0.2) is 0 Å². The van der Waals surface area contributed by atoms with Crippen molar-refractivity contribution < 1.29 is 38.4 Å². The molecule has 0 aliphatic carbocycles. The minimum Gasteiger partial charge on any atom is -0.368 e. The minimum absolute atomic E-state index is 0.290. The highest BCUT2D eigenvalue weighted by Crippen LogP contribution is 2.18. The van der Waals surface area contributed by atoms with Crippen LogP contribution >= 0.6 is 0 Å². The maximum absolute atomic E-state index is 12.9. The highest BCUT2D eigenvalue weighted by atomic mass is 16.2. The Morgan fingerprint density at radius 3 is 1.78 bits per heavy atom. The van der Waals surface area contributed by atoms with E-state index in [1.807, 2.05) is 0 Å². The van der Waals surface area contributed by atoms with Gasteiger partial charge >= 0.3 is 0 Å². The molecule has 1 fully saturated rings. The first-order chi connectivity index (χ1) is 19.0. The van der Waals surface area contributed by atoms with Gasteiger partial charge in [0.25, 0.3) is 0 Å². The molecule has 0 aromatic rings. The Morgan fingerprint density at radius 1 is 0.707 bits per heavy atom. The topological polar surface area (TPSA) is 264 Å². The molecule has 0 radical (unpaired) electrons. The Hall–Kier alpha value is -4.28. The number of carbonyl (C=O) groups excluding carboxylic acids is 8. The zero-order valence-electron chi connectivity index (χ0n) is 23.9. The lowest BCUT2D eigenvalue weighted by molar-refractivity contribution is -0.141. The molecule has 1 aliphatic heterocycles. The first-order valence-corrected chi connectivity index (χ1v) is 13.1. The van der Waals surface area contributed by atoms with Gasteiger partial charge in [0.05, 0.1) is 19.1 Å². The second-order valence-corrected chi connectivity index (χ2v) is 9.86. The molecule has 17 heteroatoms. The lowest BCUT2D eigenvalue weighted by Crippen LogP contribution is -2.57. The summed E-state index contributed by atoms with van der Waals surface area (Å²) in [5, 5.41) is 14.4. The van der Waals surface area contributed by atoms with Crippen molar-refractivity contribution in [1.82, 2.24) is 36.8 Å². The number of hydrogen-bond donors (Lipinski definition) is 8. The van der Waals surface area contributed by atoms with Crippen LogP contribution in [0.1, 0.15) is 47.5 Å². The van der Waals surface area contributed by atoms with Crippen molar-refractivity contribution in [3.8, 4) is 0 Å². The summed E-state index contributed by atoms with van der Waals surface area (Å²) < 4.78 is 0. The number of primary amides is 1. The smallest absolute Gasteiger partial charge is 0.245 e. The minimum atomic E-state index is -1.08. The number of carbonyl (C=O) groups is 8. The predicted molar refractivity (Wildman–Crippen MR) is 144 cm³/mol. The highest BCUT2D eigenvalue weighted by Gasteiger charge is 2.36. The highest BCUT2D eigenvalue weighted by molar-refractivity contribution is 5.96. The fourth-order valence-electron chi connectivity index (χ4n) is 3.74. The van der Waals surface area contributed by atoms with Gasteiger partial charge in [-0.3, -0.25) is 38.4 Å². The van der Waals surface area contributed by atoms with Crippen LogP contribution in [0.4, 0.5) is 0 Å². The van der Waals surface area contributed by atoms with E-state index in [4.69, 9.17) is 11.5 Å². The molecule has 41 heavy (non-hydrogen) atoms. The van der Waals surface area contributed by atoms with E-state index in [1.54, 1.807) is 0 Å². The third-order valence-corrected chi connectivity index (χ3v) is 6.12. The van der Waals surface area contributed by atoms with Crippen LogP contribution in [0.15, 0.2) is 0 Å². The SMILES string of the molecule is C[C@H](N)C(=O)N[C@@H](C)C(=O)NCC(=O)N[C@@H](C)C(=O)N[C@@H](C)C(=O)N[C@@H](C)C(=O)N1CCC[C@H]1C(=O)NCC(N)=O. The molecule has 10 N–H and O–H groups in total. The molecule has 0 aromatic heterocycles. The molecule has 1 rings (SSSR count). The lowest BCUT2D eigenvalue weighted by atomic mass is 10.1. The molecule has 17 nitrogen and oxygen atoms in total. The summed E-state index contributed by atoms with van der Waals surface area (Å²) in [6, 6.07) is -5.73. The van der Waals surface area contributed by atoms with Crippen molar-refractivity contribution in [2.45, 2.75) is 83.7 Å². The summed E-state index contributed by atoms with van der Waals surface area (Å²) in [5.41, 5.74) is 10.5. The summed E-state index contributed by atoms with van der Waals surface area (Å²) in [5.74, 6) is -4.99. The van der Waals surface area contributed by atoms with Gasteiger partial charge in [0, 0.05) is 6.54 Å². The van der Waals surface area contributed by atoms with E-state index in [2.05, 4.69) is 31.9 Å². The number of nitrogens with zero attached hydrogens (tertiary/aromatic N) is 1. The van der Waals surface area contributed by atoms with Crippen molar-refractivity contribution in [2.24, 2.45) is 11.5 Å². The van der Waals surface area contributed by atoms with Crippen LogP contribution in [0, 0.1) is 0 Å². The third-order valence-electron chi connectivity index (χ3n) is 6.12. The summed E-state index contributed by atoms with van der Waals surface area (Å²) >= 11 is 0. The normalized spacial score (nSPS) is 18.0. The molecule has 0 aromatic carbocycles. The second-order valence-electron chi connectivity index (χ2n) is 9.86. The number of nitrogens with one attached hydrogen (secondary N) is 6. The molecular weight excluding hydrogens is 542 g/mol. The molecule has 6 atom stereocenters. The number of likely N-dealkylation sites (tertiary alicyclic amines) is 1. The van der Waals surface area contributed by atoms with Gasteiger partial charge < -0.3 is 48.3 Å². The Bertz CT molecular complexity index is 1030. The van der Waals surface area contributed by atoms with E-state index in [0.29, 0.717) is 12.8 Å². The summed E-state index contributed by atoms with van der Waals surface area (Å²) in [4.78, 5) is 98.3. The van der Waals surface area contributed by atoms with Crippen LogP contribution in [0.5, 0.6) is 0 Å². The lowest BCUT2D eigenvalue weighted by Gasteiger charge is -2.27. The van der Waals surface area contributed by atoms with Crippen LogP contribution in [0.25, 0.3) is 0 Å². The molecule has 8 amide bonds. The summed E-state index contributed by atoms with van der Waals surface area (Å²) in [6.45, 7) is 6.51. The Kier molecular flexibility index (Phi) is 13.6. The maximum atomic E-state index is 12.9. The van der Waals surface area contributed by atoms with Crippen molar-refractivity contribution in [1.29, 1.82) is 0 Å². The predicted octanol–water partition coefficient (Wildman–Crippen LogP) is -4.94. The maximum Gasteiger partial charge on any atom is 0.245 e. The van der Waals surface area contributed by atoms with E-state index in [0.717, 1.165) is 0 Å². The van der Waals surface area contributed by atoms with Gasteiger partial charge in [-0.1, -0.05) is 0 Å². The molecule has 0 unspecified atom stereocenters. The van der Waals surface area contributed by atoms with Gasteiger partial charge in [-0.2, -0.15) is 0 Å². The van der Waals surface area contributed by atoms with E-state index in [1.165, 1.54) is 39.5 Å². The molecule has 0 bridgehead atoms. The molecule has 0 spiro atoms. The number of amides is 8. The third kappa shape index (κ3) is 11.4. The number of nitrogens with two attached hydrogens (primary N) is 2. The summed E-state index contributed by atoms with van der Waals surface area (Å²) in [7, 11) is 0. The van der Waals surface area contributed by atoms with Gasteiger partial charge in [0.15, 0.2) is 0 Å². The summed E-state index contributed by atoms with van der Waals surface area (Å²) in [6.07, 6.45) is 0.948. The zero-order chi connectivity index (χ0) is 31.4. The van der Waals surface area contributed by atoms with Gasteiger partial charge in [0.1, 0.15) is 30.2 Å². The van der Waals surface area contributed by atoms with E-state index >= 15 is 0 Å². The fourth-order valence-corrected chi connectivity index (χ4v) is 3.74. The van der Waals surface area contributed by atoms with Crippen LogP contribution in [0.3, 0.4) is 0 Å². The molecule has 230 valence electrons. The van der Waals surface area contributed by atoms with Crippen LogP contribution in [-0.4, -0.2) is 108 Å². The molecule has 1 aliphatic rings. The van der Waals surface area contributed by atoms with E-state index in [9.17, 15) is 38.4 Å². The Labute approximate surface area is 237 Å². The number of hydrogen-bond acceptors (Lipinski definition) is 9. The number of rotatable bonds is 14. The Morgan fingerprint density at radius 2 is 1.22 bits per heavy atom. The van der Waals surface area contributed by atoms with E-state index < -0.39 is 90.1 Å². The quantitative estimate of drug-likeness (QED) is 0.0972. The molecular formula is C24H41N9O8. The average Bonchev–Trinajstić information content (AvgIpc) is 3.39. The monoisotopic (exact) mass is 583 g/mol. The molecule has 0 saturated carbocycles. The van der Waals surface area contributed by atoms with Crippen LogP contribution in [0.2, 0.25) is 0 Å². The zero-order valence-corrected chi connectivity index (χ0v) is 23.9. The van der Waals surface area contributed by atoms with Crippen molar-refractivity contribution in [3.63, 3.8) is 0 Å². The first kappa shape index (κ1) is 34.7. The standard InChI is InChI=1S/C24H41N9O8/c1-11(25)19(36)30-12(2)20(37)28-10-18(35)29-13(3)21(38)31-14(4)22(39)32-15(5)24(41)33-8-6-7-16(33)23(40)27-9-17(26)34/h11-16H,6-10,25H2,1-5H3,(H2,26,34)(H,27,40)(H,28,37)(H,29,35)(H,30,36)(H,31,38)(H,32,39)/t11-,12-,13-,14-,15-,16-/m0/s1. The fraction of sp³-hybridized carbons (Fsp3) is 0.667. The van der Waals surface area contributed by atoms with Crippen LogP contribution in [-0.2, 0) is 38.4 Å². The van der Waals surface area contributed by atoms with Gasteiger partial charge in [-0.05, 0) is 47.5 Å². The van der Waals surface area contributed by atoms with Crippen molar-refractivity contribution in [2.75, 3.05) is 19.6 Å². The van der Waals surface area contributed by atoms with Gasteiger partial charge in [-0.15, -0.1) is 0 Å². The van der Waals surface area contributed by atoms with E-state index in [-0.39, 0.29) is 13.1 Å². The Balaban J connectivity index is 2.52. The van der Waals surface area contributed by atoms with Crippen LogP contribution < -0.4 is 43.4 Å². The average molecular weight is 584 g/mol. The van der Waals surface area contributed by atoms with Gasteiger partial charge in [0.2, 0.25) is 47.3 Å². The van der Waals surface area contributed by atoms with Crippen molar-refractivity contribution in [3.05, 3.63) is 0 Å². The largest absolute Gasteiger partial charge is 0.368 e.